The molecule has 2 N–H and O–H groups in total. The average Bonchev–Trinajstić information content (AvgIpc) is 2.64. The Morgan fingerprint density at radius 2 is 2.38 bits per heavy atom. The molecular formula is C10H17ClN4O. The Bertz CT molecular complexity index is 365. The topological polar surface area (TPSA) is 61.0 Å². The van der Waals surface area contributed by atoms with Crippen LogP contribution in [0.15, 0.2) is 6.20 Å². The van der Waals surface area contributed by atoms with E-state index < -0.39 is 0 Å². The highest BCUT2D eigenvalue weighted by molar-refractivity contribution is 5.95. The number of hydrogen-bond acceptors (Lipinski definition) is 3. The number of hydrogen-bond donors (Lipinski definition) is 2. The fraction of sp³-hybridized carbons (Fsp3) is 0.600. The maximum atomic E-state index is 12.1. The lowest BCUT2D eigenvalue weighted by molar-refractivity contribution is 0.0655. The van der Waals surface area contributed by atoms with Crippen molar-refractivity contribution in [2.75, 3.05) is 19.6 Å². The van der Waals surface area contributed by atoms with Gasteiger partial charge in [0, 0.05) is 31.4 Å². The van der Waals surface area contributed by atoms with Gasteiger partial charge < -0.3 is 10.2 Å². The van der Waals surface area contributed by atoms with Crippen LogP contribution in [-0.4, -0.2) is 46.7 Å². The molecule has 90 valence electrons. The first-order valence-electron chi connectivity index (χ1n) is 5.22. The summed E-state index contributed by atoms with van der Waals surface area (Å²) in [6.07, 6.45) is 1.60. The summed E-state index contributed by atoms with van der Waals surface area (Å²) in [6, 6.07) is 0.251. The molecule has 1 aromatic heterocycles. The quantitative estimate of drug-likeness (QED) is 0.760. The summed E-state index contributed by atoms with van der Waals surface area (Å²) >= 11 is 0. The molecule has 1 aliphatic heterocycles. The molecule has 1 atom stereocenters. The first kappa shape index (κ1) is 13.0. The Hall–Kier alpha value is -1.07. The zero-order valence-corrected chi connectivity index (χ0v) is 10.3. The summed E-state index contributed by atoms with van der Waals surface area (Å²) in [5.41, 5.74) is 1.52. The highest BCUT2D eigenvalue weighted by atomic mass is 35.5. The van der Waals surface area contributed by atoms with Crippen molar-refractivity contribution < 1.29 is 4.79 Å². The minimum atomic E-state index is 0. The largest absolute Gasteiger partial charge is 0.333 e. The summed E-state index contributed by atoms with van der Waals surface area (Å²) < 4.78 is 0. The van der Waals surface area contributed by atoms with Crippen molar-refractivity contribution >= 4 is 18.3 Å². The molecule has 1 unspecified atom stereocenters. The van der Waals surface area contributed by atoms with E-state index in [1.165, 1.54) is 0 Å². The van der Waals surface area contributed by atoms with Gasteiger partial charge in [-0.05, 0) is 13.8 Å². The van der Waals surface area contributed by atoms with E-state index in [4.69, 9.17) is 0 Å². The van der Waals surface area contributed by atoms with Crippen LogP contribution >= 0.6 is 12.4 Å². The van der Waals surface area contributed by atoms with E-state index in [1.807, 2.05) is 11.8 Å². The second-order valence-electron chi connectivity index (χ2n) is 3.96. The van der Waals surface area contributed by atoms with Crippen LogP contribution in [0, 0.1) is 6.92 Å². The third-order valence-electron chi connectivity index (χ3n) is 2.82. The number of nitrogens with zero attached hydrogens (tertiary/aromatic N) is 2. The van der Waals surface area contributed by atoms with Crippen molar-refractivity contribution in [2.45, 2.75) is 19.9 Å². The Morgan fingerprint density at radius 1 is 1.62 bits per heavy atom. The SMILES string of the molecule is Cc1[nH]ncc1C(=O)N1CCNCC1C.Cl. The lowest BCUT2D eigenvalue weighted by Gasteiger charge is -2.33. The Labute approximate surface area is 101 Å². The first-order valence-corrected chi connectivity index (χ1v) is 5.22. The molecule has 0 bridgehead atoms. The number of rotatable bonds is 1. The normalized spacial score (nSPS) is 20.4. The van der Waals surface area contributed by atoms with Gasteiger partial charge in [0.15, 0.2) is 0 Å². The molecule has 0 aliphatic carbocycles. The van der Waals surface area contributed by atoms with Crippen molar-refractivity contribution in [3.8, 4) is 0 Å². The fourth-order valence-corrected chi connectivity index (χ4v) is 1.86. The zero-order valence-electron chi connectivity index (χ0n) is 9.49. The molecule has 0 radical (unpaired) electrons. The molecule has 0 aromatic carbocycles. The number of piperazine rings is 1. The van der Waals surface area contributed by atoms with E-state index in [0.29, 0.717) is 5.56 Å². The Morgan fingerprint density at radius 3 is 2.94 bits per heavy atom. The number of amides is 1. The van der Waals surface area contributed by atoms with Crippen molar-refractivity contribution in [3.63, 3.8) is 0 Å². The molecule has 2 rings (SSSR count). The minimum Gasteiger partial charge on any atom is -0.333 e. The summed E-state index contributed by atoms with van der Waals surface area (Å²) in [5, 5.41) is 9.93. The van der Waals surface area contributed by atoms with E-state index in [1.54, 1.807) is 6.20 Å². The summed E-state index contributed by atoms with van der Waals surface area (Å²) in [6.45, 7) is 6.42. The molecular weight excluding hydrogens is 228 g/mol. The molecule has 1 fully saturated rings. The second-order valence-corrected chi connectivity index (χ2v) is 3.96. The number of aromatic nitrogens is 2. The van der Waals surface area contributed by atoms with E-state index in [0.717, 1.165) is 25.3 Å². The molecule has 0 saturated carbocycles. The van der Waals surface area contributed by atoms with Gasteiger partial charge in [-0.2, -0.15) is 5.10 Å². The number of aryl methyl sites for hydroxylation is 1. The smallest absolute Gasteiger partial charge is 0.257 e. The van der Waals surface area contributed by atoms with Crippen LogP contribution in [0.3, 0.4) is 0 Å². The first-order chi connectivity index (χ1) is 7.20. The summed E-state index contributed by atoms with van der Waals surface area (Å²) in [7, 11) is 0. The van der Waals surface area contributed by atoms with Gasteiger partial charge in [0.1, 0.15) is 0 Å². The molecule has 1 amide bonds. The monoisotopic (exact) mass is 244 g/mol. The van der Waals surface area contributed by atoms with Gasteiger partial charge in [0.2, 0.25) is 0 Å². The molecule has 6 heteroatoms. The van der Waals surface area contributed by atoms with E-state index in [2.05, 4.69) is 22.4 Å². The van der Waals surface area contributed by atoms with Crippen LogP contribution in [0.25, 0.3) is 0 Å². The number of halogens is 1. The van der Waals surface area contributed by atoms with E-state index in [-0.39, 0.29) is 24.4 Å². The second kappa shape index (κ2) is 5.32. The van der Waals surface area contributed by atoms with Gasteiger partial charge in [0.05, 0.1) is 11.8 Å². The maximum Gasteiger partial charge on any atom is 0.257 e. The summed E-state index contributed by atoms with van der Waals surface area (Å²) in [4.78, 5) is 14.0. The highest BCUT2D eigenvalue weighted by Gasteiger charge is 2.25. The van der Waals surface area contributed by atoms with Crippen molar-refractivity contribution in [1.29, 1.82) is 0 Å². The highest BCUT2D eigenvalue weighted by Crippen LogP contribution is 2.11. The van der Waals surface area contributed by atoms with Gasteiger partial charge >= 0.3 is 0 Å². The van der Waals surface area contributed by atoms with Crippen molar-refractivity contribution in [2.24, 2.45) is 0 Å². The molecule has 16 heavy (non-hydrogen) atoms. The fourth-order valence-electron chi connectivity index (χ4n) is 1.86. The van der Waals surface area contributed by atoms with Crippen LogP contribution in [0.1, 0.15) is 23.0 Å². The van der Waals surface area contributed by atoms with Gasteiger partial charge in [-0.15, -0.1) is 12.4 Å². The maximum absolute atomic E-state index is 12.1. The Kier molecular flexibility index (Phi) is 4.32. The Balaban J connectivity index is 0.00000128. The third kappa shape index (κ3) is 2.36. The molecule has 1 aliphatic rings. The van der Waals surface area contributed by atoms with Gasteiger partial charge in [-0.1, -0.05) is 0 Å². The number of carbonyl (C=O) groups excluding carboxylic acids is 1. The van der Waals surface area contributed by atoms with E-state index >= 15 is 0 Å². The zero-order chi connectivity index (χ0) is 10.8. The van der Waals surface area contributed by atoms with Gasteiger partial charge in [-0.25, -0.2) is 0 Å². The van der Waals surface area contributed by atoms with Gasteiger partial charge in [-0.3, -0.25) is 9.89 Å². The standard InChI is InChI=1S/C10H16N4O.ClH/c1-7-5-11-3-4-14(7)10(15)9-6-12-13-8(9)2;/h6-7,11H,3-5H2,1-2H3,(H,12,13);1H. The molecule has 0 spiro atoms. The van der Waals surface area contributed by atoms with Crippen LogP contribution in [0.2, 0.25) is 0 Å². The van der Waals surface area contributed by atoms with Crippen LogP contribution in [-0.2, 0) is 0 Å². The predicted octanol–water partition coefficient (Wildman–Crippen LogP) is 0.574. The van der Waals surface area contributed by atoms with Crippen molar-refractivity contribution in [3.05, 3.63) is 17.5 Å². The number of H-pyrrole nitrogens is 1. The van der Waals surface area contributed by atoms with Crippen LogP contribution in [0.5, 0.6) is 0 Å². The molecule has 1 aromatic rings. The summed E-state index contributed by atoms with van der Waals surface area (Å²) in [5.74, 6) is 0.0789. The number of nitrogens with one attached hydrogen (secondary N) is 2. The average molecular weight is 245 g/mol. The molecule has 5 nitrogen and oxygen atoms in total. The van der Waals surface area contributed by atoms with Crippen LogP contribution in [0.4, 0.5) is 0 Å². The van der Waals surface area contributed by atoms with E-state index in [9.17, 15) is 4.79 Å². The minimum absolute atomic E-state index is 0. The number of carbonyl (C=O) groups is 1. The van der Waals surface area contributed by atoms with Crippen LogP contribution < -0.4 is 5.32 Å². The predicted molar refractivity (Wildman–Crippen MR) is 63.9 cm³/mol. The molecule has 2 heterocycles. The number of aromatic amines is 1. The van der Waals surface area contributed by atoms with Gasteiger partial charge in [0.25, 0.3) is 5.91 Å². The lowest BCUT2D eigenvalue weighted by atomic mass is 10.1. The third-order valence-corrected chi connectivity index (χ3v) is 2.82. The lowest BCUT2D eigenvalue weighted by Crippen LogP contribution is -2.52. The molecule has 1 saturated heterocycles. The van der Waals surface area contributed by atoms with Crippen molar-refractivity contribution in [1.82, 2.24) is 20.4 Å².